The Kier molecular flexibility index (Phi) is 3.03. The number of benzene rings is 1. The Morgan fingerprint density at radius 3 is 3.11 bits per heavy atom. The van der Waals surface area contributed by atoms with E-state index in [1.807, 2.05) is 12.1 Å². The van der Waals surface area contributed by atoms with Crippen LogP contribution in [0.3, 0.4) is 0 Å². The van der Waals surface area contributed by atoms with Gasteiger partial charge in [0.1, 0.15) is 0 Å². The summed E-state index contributed by atoms with van der Waals surface area (Å²) in [6.45, 7) is 0.708. The standard InChI is InChI=1S/C12H13ClN2O2S/c13-9-2-1-3-10-12(9)14-11(16)6-8-7-18(17)5-4-15(8)10/h1-3,8H,4-7H2,(H,14,16). The highest BCUT2D eigenvalue weighted by molar-refractivity contribution is 7.85. The van der Waals surface area contributed by atoms with Gasteiger partial charge in [-0.05, 0) is 12.1 Å². The second kappa shape index (κ2) is 4.55. The molecule has 1 fully saturated rings. The zero-order chi connectivity index (χ0) is 12.7. The lowest BCUT2D eigenvalue weighted by molar-refractivity contribution is -0.116. The van der Waals surface area contributed by atoms with Gasteiger partial charge in [0.15, 0.2) is 0 Å². The summed E-state index contributed by atoms with van der Waals surface area (Å²) >= 11 is 6.14. The fraction of sp³-hybridized carbons (Fsp3) is 0.417. The molecule has 18 heavy (non-hydrogen) atoms. The van der Waals surface area contributed by atoms with Gasteiger partial charge in [-0.3, -0.25) is 9.00 Å². The van der Waals surface area contributed by atoms with Gasteiger partial charge in [-0.2, -0.15) is 0 Å². The highest BCUT2D eigenvalue weighted by Gasteiger charge is 2.33. The normalized spacial score (nSPS) is 26.9. The molecule has 0 aliphatic carbocycles. The fourth-order valence-electron chi connectivity index (χ4n) is 2.54. The maximum absolute atomic E-state index is 11.9. The molecule has 1 saturated heterocycles. The summed E-state index contributed by atoms with van der Waals surface area (Å²) in [5.74, 6) is 1.14. The van der Waals surface area contributed by atoms with Crippen LogP contribution in [0.4, 0.5) is 11.4 Å². The van der Waals surface area contributed by atoms with Crippen LogP contribution in [0.1, 0.15) is 6.42 Å². The van der Waals surface area contributed by atoms with Gasteiger partial charge in [0, 0.05) is 41.3 Å². The van der Waals surface area contributed by atoms with Crippen molar-refractivity contribution in [3.8, 4) is 0 Å². The Morgan fingerprint density at radius 2 is 2.28 bits per heavy atom. The summed E-state index contributed by atoms with van der Waals surface area (Å²) in [5.41, 5.74) is 1.62. The van der Waals surface area contributed by atoms with Crippen LogP contribution in [0, 0.1) is 0 Å². The number of halogens is 1. The molecule has 0 radical (unpaired) electrons. The molecule has 0 bridgehead atoms. The van der Waals surface area contributed by atoms with Crippen molar-refractivity contribution in [2.75, 3.05) is 28.3 Å². The van der Waals surface area contributed by atoms with Gasteiger partial charge < -0.3 is 10.2 Å². The summed E-state index contributed by atoms with van der Waals surface area (Å²) < 4.78 is 11.6. The molecule has 1 aromatic rings. The van der Waals surface area contributed by atoms with Crippen molar-refractivity contribution in [3.63, 3.8) is 0 Å². The lowest BCUT2D eigenvalue weighted by Crippen LogP contribution is -2.47. The molecule has 2 aliphatic heterocycles. The van der Waals surface area contributed by atoms with Gasteiger partial charge in [0.05, 0.1) is 16.4 Å². The molecule has 2 atom stereocenters. The average Bonchev–Trinajstić information content (AvgIpc) is 2.45. The van der Waals surface area contributed by atoms with Gasteiger partial charge in [-0.15, -0.1) is 0 Å². The Hall–Kier alpha value is -1.07. The van der Waals surface area contributed by atoms with Gasteiger partial charge >= 0.3 is 0 Å². The number of hydrogen-bond acceptors (Lipinski definition) is 3. The Balaban J connectivity index is 2.08. The third kappa shape index (κ3) is 2.01. The maximum Gasteiger partial charge on any atom is 0.226 e. The number of carbonyl (C=O) groups is 1. The van der Waals surface area contributed by atoms with Crippen molar-refractivity contribution < 1.29 is 9.00 Å². The number of amides is 1. The number of nitrogens with one attached hydrogen (secondary N) is 1. The van der Waals surface area contributed by atoms with E-state index >= 15 is 0 Å². The minimum atomic E-state index is -0.818. The van der Waals surface area contributed by atoms with Crippen LogP contribution in [0.2, 0.25) is 5.02 Å². The highest BCUT2D eigenvalue weighted by atomic mass is 35.5. The van der Waals surface area contributed by atoms with Crippen LogP contribution < -0.4 is 10.2 Å². The second-order valence-corrected chi connectivity index (χ2v) is 6.57. The first-order chi connectivity index (χ1) is 8.65. The van der Waals surface area contributed by atoms with Gasteiger partial charge in [-0.1, -0.05) is 17.7 Å². The van der Waals surface area contributed by atoms with E-state index in [1.54, 1.807) is 6.07 Å². The molecule has 1 amide bonds. The van der Waals surface area contributed by atoms with Crippen molar-refractivity contribution in [2.24, 2.45) is 0 Å². The largest absolute Gasteiger partial charge is 0.364 e. The molecule has 3 rings (SSSR count). The zero-order valence-electron chi connectivity index (χ0n) is 9.69. The molecule has 4 nitrogen and oxygen atoms in total. The number of carbonyl (C=O) groups excluding carboxylic acids is 1. The van der Waals surface area contributed by atoms with E-state index < -0.39 is 10.8 Å². The van der Waals surface area contributed by atoms with Gasteiger partial charge in [0.25, 0.3) is 0 Å². The van der Waals surface area contributed by atoms with E-state index in [1.165, 1.54) is 0 Å². The van der Waals surface area contributed by atoms with E-state index in [-0.39, 0.29) is 11.9 Å². The number of nitrogens with zero attached hydrogens (tertiary/aromatic N) is 1. The summed E-state index contributed by atoms with van der Waals surface area (Å²) in [6.07, 6.45) is 0.372. The minimum absolute atomic E-state index is 0.0132. The van der Waals surface area contributed by atoms with Gasteiger partial charge in [0.2, 0.25) is 5.91 Å². The summed E-state index contributed by atoms with van der Waals surface area (Å²) in [7, 11) is -0.818. The van der Waals surface area contributed by atoms with Crippen LogP contribution in [-0.2, 0) is 15.6 Å². The maximum atomic E-state index is 11.9. The summed E-state index contributed by atoms with van der Waals surface area (Å²) in [6, 6.07) is 5.61. The van der Waals surface area contributed by atoms with Crippen molar-refractivity contribution in [1.82, 2.24) is 0 Å². The topological polar surface area (TPSA) is 49.4 Å². The third-order valence-electron chi connectivity index (χ3n) is 3.37. The van der Waals surface area contributed by atoms with E-state index in [0.717, 1.165) is 5.69 Å². The second-order valence-electron chi connectivity index (χ2n) is 4.54. The van der Waals surface area contributed by atoms with Crippen LogP contribution in [0.15, 0.2) is 18.2 Å². The molecule has 1 aromatic carbocycles. The summed E-state index contributed by atoms with van der Waals surface area (Å²) in [5, 5.41) is 3.40. The number of hydrogen-bond donors (Lipinski definition) is 1. The van der Waals surface area contributed by atoms with Crippen LogP contribution >= 0.6 is 11.6 Å². The fourth-order valence-corrected chi connectivity index (χ4v) is 4.05. The Labute approximate surface area is 113 Å². The zero-order valence-corrected chi connectivity index (χ0v) is 11.3. The molecule has 0 spiro atoms. The van der Waals surface area contributed by atoms with E-state index in [4.69, 9.17) is 11.6 Å². The average molecular weight is 285 g/mol. The monoisotopic (exact) mass is 284 g/mol. The number of fused-ring (bicyclic) bond motifs is 3. The lowest BCUT2D eigenvalue weighted by Gasteiger charge is -2.35. The molecule has 0 saturated carbocycles. The Morgan fingerprint density at radius 1 is 1.44 bits per heavy atom. The van der Waals surface area contributed by atoms with E-state index in [0.29, 0.717) is 35.2 Å². The van der Waals surface area contributed by atoms with Gasteiger partial charge in [-0.25, -0.2) is 0 Å². The van der Waals surface area contributed by atoms with Crippen LogP contribution in [0.5, 0.6) is 0 Å². The van der Waals surface area contributed by atoms with Crippen molar-refractivity contribution in [3.05, 3.63) is 23.2 Å². The van der Waals surface area contributed by atoms with Crippen molar-refractivity contribution >= 4 is 39.7 Å². The van der Waals surface area contributed by atoms with Crippen molar-refractivity contribution in [1.29, 1.82) is 0 Å². The predicted octanol–water partition coefficient (Wildman–Crippen LogP) is 1.62. The number of rotatable bonds is 0. The molecular formula is C12H13ClN2O2S. The lowest BCUT2D eigenvalue weighted by atomic mass is 10.1. The molecule has 2 aliphatic rings. The van der Waals surface area contributed by atoms with Crippen molar-refractivity contribution in [2.45, 2.75) is 12.5 Å². The highest BCUT2D eigenvalue weighted by Crippen LogP contribution is 2.37. The molecule has 96 valence electrons. The molecule has 0 aromatic heterocycles. The Bertz CT molecular complexity index is 535. The predicted molar refractivity (Wildman–Crippen MR) is 73.7 cm³/mol. The molecule has 1 N–H and O–H groups in total. The first-order valence-electron chi connectivity index (χ1n) is 5.85. The molecule has 2 heterocycles. The first kappa shape index (κ1) is 12.0. The first-order valence-corrected chi connectivity index (χ1v) is 7.72. The summed E-state index contributed by atoms with van der Waals surface area (Å²) in [4.78, 5) is 14.0. The van der Waals surface area contributed by atoms with E-state index in [9.17, 15) is 9.00 Å². The van der Waals surface area contributed by atoms with E-state index in [2.05, 4.69) is 10.2 Å². The number of para-hydroxylation sites is 1. The smallest absolute Gasteiger partial charge is 0.226 e. The minimum Gasteiger partial charge on any atom is -0.364 e. The molecular weight excluding hydrogens is 272 g/mol. The SMILES string of the molecule is O=C1CC2CS(=O)CCN2c2cccc(Cl)c2N1. The molecule has 2 unspecified atom stereocenters. The van der Waals surface area contributed by atoms with Crippen LogP contribution in [-0.4, -0.2) is 34.2 Å². The number of anilines is 2. The molecule has 6 heteroatoms. The van der Waals surface area contributed by atoms with Crippen LogP contribution in [0.25, 0.3) is 0 Å². The quantitative estimate of drug-likeness (QED) is 0.788. The third-order valence-corrected chi connectivity index (χ3v) is 5.07.